The smallest absolute Gasteiger partial charge is 0.342 e. The summed E-state index contributed by atoms with van der Waals surface area (Å²) in [7, 11) is -2.82. The molecule has 0 amide bonds. The number of hydrogen-bond acceptors (Lipinski definition) is 7. The Hall–Kier alpha value is -3.39. The van der Waals surface area contributed by atoms with Gasteiger partial charge in [0.15, 0.2) is 11.5 Å². The molecule has 7 nitrogen and oxygen atoms in total. The van der Waals surface area contributed by atoms with Crippen LogP contribution in [-0.4, -0.2) is 27.3 Å². The monoisotopic (exact) mass is 456 g/mol. The third-order valence-electron chi connectivity index (χ3n) is 5.32. The fourth-order valence-corrected chi connectivity index (χ4v) is 4.45. The van der Waals surface area contributed by atoms with Crippen molar-refractivity contribution in [2.45, 2.75) is 38.7 Å². The molecule has 1 aliphatic rings. The van der Waals surface area contributed by atoms with Crippen molar-refractivity contribution < 1.29 is 31.7 Å². The Kier molecular flexibility index (Phi) is 6.55. The number of benzene rings is 2. The Labute approximate surface area is 187 Å². The molecule has 0 fully saturated rings. The maximum atomic E-state index is 13.1. The van der Waals surface area contributed by atoms with Gasteiger partial charge in [-0.25, -0.2) is 4.79 Å². The van der Waals surface area contributed by atoms with Gasteiger partial charge in [-0.1, -0.05) is 30.4 Å². The van der Waals surface area contributed by atoms with Gasteiger partial charge in [0, 0.05) is 11.1 Å². The minimum Gasteiger partial charge on any atom is -0.496 e. The average molecular weight is 457 g/mol. The Morgan fingerprint density at radius 1 is 1.19 bits per heavy atom. The first-order chi connectivity index (χ1) is 15.1. The van der Waals surface area contributed by atoms with Gasteiger partial charge in [0.1, 0.15) is 22.8 Å². The number of fused-ring (bicyclic) bond motifs is 1. The van der Waals surface area contributed by atoms with Crippen LogP contribution in [0.3, 0.4) is 0 Å². The zero-order chi connectivity index (χ0) is 23.6. The minimum atomic E-state index is -4.26. The van der Waals surface area contributed by atoms with Gasteiger partial charge in [-0.3, -0.25) is 4.79 Å². The second-order valence-electron chi connectivity index (χ2n) is 7.41. The van der Waals surface area contributed by atoms with Crippen LogP contribution < -0.4 is 8.92 Å². The van der Waals surface area contributed by atoms with Crippen molar-refractivity contribution in [3.63, 3.8) is 0 Å². The lowest BCUT2D eigenvalue weighted by molar-refractivity contribution is -0.111. The average Bonchev–Trinajstić information content (AvgIpc) is 3.15. The van der Waals surface area contributed by atoms with Crippen molar-refractivity contribution in [3.8, 4) is 11.5 Å². The summed E-state index contributed by atoms with van der Waals surface area (Å²) in [5, 5.41) is 0. The van der Waals surface area contributed by atoms with E-state index >= 15 is 0 Å². The lowest BCUT2D eigenvalue weighted by Gasteiger charge is -2.19. The summed E-state index contributed by atoms with van der Waals surface area (Å²) in [6.45, 7) is 8.67. The van der Waals surface area contributed by atoms with Crippen molar-refractivity contribution in [1.29, 1.82) is 0 Å². The number of ether oxygens (including phenoxy) is 2. The molecule has 0 bridgehead atoms. The molecule has 32 heavy (non-hydrogen) atoms. The molecule has 0 saturated heterocycles. The zero-order valence-corrected chi connectivity index (χ0v) is 19.2. The molecule has 0 aromatic heterocycles. The van der Waals surface area contributed by atoms with Crippen molar-refractivity contribution in [2.24, 2.45) is 0 Å². The summed E-state index contributed by atoms with van der Waals surface area (Å²) >= 11 is 0. The molecule has 3 rings (SSSR count). The van der Waals surface area contributed by atoms with E-state index in [-0.39, 0.29) is 35.0 Å². The molecule has 2 aromatic rings. The van der Waals surface area contributed by atoms with E-state index in [1.807, 2.05) is 6.92 Å². The molecule has 0 radical (unpaired) electrons. The van der Waals surface area contributed by atoms with E-state index in [0.717, 1.165) is 5.56 Å². The first-order valence-electron chi connectivity index (χ1n) is 9.84. The fraction of sp³-hybridized carbons (Fsp3) is 0.250. The Balaban J connectivity index is 2.21. The lowest BCUT2D eigenvalue weighted by atomic mass is 9.94. The predicted molar refractivity (Wildman–Crippen MR) is 119 cm³/mol. The second kappa shape index (κ2) is 9.00. The molecular formula is C24H24O7S. The zero-order valence-electron chi connectivity index (χ0n) is 18.4. The first kappa shape index (κ1) is 23.3. The van der Waals surface area contributed by atoms with Crippen LogP contribution in [-0.2, 0) is 32.7 Å². The lowest BCUT2D eigenvalue weighted by Crippen LogP contribution is -2.15. The van der Waals surface area contributed by atoms with Crippen molar-refractivity contribution in [2.75, 3.05) is 7.11 Å². The van der Waals surface area contributed by atoms with Crippen LogP contribution in [0.15, 0.2) is 53.5 Å². The summed E-state index contributed by atoms with van der Waals surface area (Å²) < 4.78 is 42.4. The molecule has 0 atom stereocenters. The molecule has 1 aliphatic heterocycles. The number of methoxy groups -OCH3 is 1. The standard InChI is InChI=1S/C24H24O7S/c1-6-20(25)15(3)9-12-18-22(29-5)16(4)19-13-30-24(26)21(19)23(18)31-32(27,28)17-10-7-14(2)8-11-17/h6-11H,1,12-13H2,2-5H3/b15-9+. The van der Waals surface area contributed by atoms with E-state index in [1.54, 1.807) is 32.1 Å². The van der Waals surface area contributed by atoms with Crippen LogP contribution >= 0.6 is 0 Å². The molecule has 0 N–H and O–H groups in total. The number of hydrogen-bond donors (Lipinski definition) is 0. The molecule has 168 valence electrons. The van der Waals surface area contributed by atoms with Gasteiger partial charge in [0.2, 0.25) is 0 Å². The molecule has 0 aliphatic carbocycles. The maximum Gasteiger partial charge on any atom is 0.342 e. The van der Waals surface area contributed by atoms with Crippen LogP contribution in [0, 0.1) is 13.8 Å². The van der Waals surface area contributed by atoms with E-state index in [1.165, 1.54) is 25.3 Å². The largest absolute Gasteiger partial charge is 0.496 e. The highest BCUT2D eigenvalue weighted by molar-refractivity contribution is 7.87. The highest BCUT2D eigenvalue weighted by Gasteiger charge is 2.35. The number of aryl methyl sites for hydroxylation is 1. The number of allylic oxidation sites excluding steroid dienone is 3. The first-order valence-corrected chi connectivity index (χ1v) is 11.3. The van der Waals surface area contributed by atoms with E-state index in [0.29, 0.717) is 28.0 Å². The van der Waals surface area contributed by atoms with Crippen LogP contribution in [0.4, 0.5) is 0 Å². The summed E-state index contributed by atoms with van der Waals surface area (Å²) in [5.41, 5.74) is 2.83. The van der Waals surface area contributed by atoms with Crippen LogP contribution in [0.2, 0.25) is 0 Å². The number of cyclic esters (lactones) is 1. The number of esters is 1. The third-order valence-corrected chi connectivity index (χ3v) is 6.55. The van der Waals surface area contributed by atoms with Gasteiger partial charge in [-0.15, -0.1) is 0 Å². The number of carbonyl (C=O) groups excluding carboxylic acids is 2. The van der Waals surface area contributed by atoms with E-state index in [9.17, 15) is 18.0 Å². The van der Waals surface area contributed by atoms with Gasteiger partial charge in [-0.05, 0) is 56.5 Å². The van der Waals surface area contributed by atoms with E-state index in [2.05, 4.69) is 6.58 Å². The van der Waals surface area contributed by atoms with Gasteiger partial charge < -0.3 is 13.7 Å². The molecular weight excluding hydrogens is 432 g/mol. The molecule has 0 saturated carbocycles. The van der Waals surface area contributed by atoms with E-state index in [4.69, 9.17) is 13.7 Å². The quantitative estimate of drug-likeness (QED) is 0.337. The van der Waals surface area contributed by atoms with E-state index < -0.39 is 16.1 Å². The summed E-state index contributed by atoms with van der Waals surface area (Å²) in [6, 6.07) is 6.17. The highest BCUT2D eigenvalue weighted by atomic mass is 32.2. The number of ketones is 1. The maximum absolute atomic E-state index is 13.1. The topological polar surface area (TPSA) is 96.0 Å². The molecule has 2 aromatic carbocycles. The number of rotatable bonds is 8. The van der Waals surface area contributed by atoms with Gasteiger partial charge in [-0.2, -0.15) is 8.42 Å². The van der Waals surface area contributed by atoms with Crippen LogP contribution in [0.1, 0.15) is 39.5 Å². The minimum absolute atomic E-state index is 0.0125. The third kappa shape index (κ3) is 4.31. The van der Waals surface area contributed by atoms with Crippen LogP contribution in [0.5, 0.6) is 11.5 Å². The summed E-state index contributed by atoms with van der Waals surface area (Å²) in [4.78, 5) is 24.4. The molecule has 0 spiro atoms. The Morgan fingerprint density at radius 2 is 1.84 bits per heavy atom. The normalized spacial score (nSPS) is 13.4. The fourth-order valence-electron chi connectivity index (χ4n) is 3.48. The number of carbonyl (C=O) groups is 2. The van der Waals surface area contributed by atoms with Crippen molar-refractivity contribution in [1.82, 2.24) is 0 Å². The predicted octanol–water partition coefficient (Wildman–Crippen LogP) is 3.99. The molecule has 0 unspecified atom stereocenters. The highest BCUT2D eigenvalue weighted by Crippen LogP contribution is 2.43. The van der Waals surface area contributed by atoms with Crippen LogP contribution in [0.25, 0.3) is 0 Å². The molecule has 1 heterocycles. The van der Waals surface area contributed by atoms with Gasteiger partial charge in [0.25, 0.3) is 0 Å². The Bertz CT molecular complexity index is 1240. The Morgan fingerprint density at radius 3 is 2.44 bits per heavy atom. The van der Waals surface area contributed by atoms with Gasteiger partial charge >= 0.3 is 16.1 Å². The summed E-state index contributed by atoms with van der Waals surface area (Å²) in [5.74, 6) is -0.730. The van der Waals surface area contributed by atoms with Crippen molar-refractivity contribution >= 4 is 21.9 Å². The second-order valence-corrected chi connectivity index (χ2v) is 8.95. The van der Waals surface area contributed by atoms with Crippen molar-refractivity contribution in [3.05, 3.63) is 76.4 Å². The summed E-state index contributed by atoms with van der Waals surface area (Å²) in [6.07, 6.45) is 2.89. The SMILES string of the molecule is C=CC(=O)/C(C)=C/Cc1c(OC)c(C)c2c(c1OS(=O)(=O)c1ccc(C)cc1)C(=O)OC2. The van der Waals surface area contributed by atoms with Gasteiger partial charge in [0.05, 0.1) is 7.11 Å². The molecule has 8 heteroatoms.